The lowest BCUT2D eigenvalue weighted by molar-refractivity contribution is -0.152. The van der Waals surface area contributed by atoms with Crippen LogP contribution in [0.15, 0.2) is 36.2 Å². The molecular weight excluding hydrogens is 618 g/mol. The summed E-state index contributed by atoms with van der Waals surface area (Å²) in [4.78, 5) is 51.7. The van der Waals surface area contributed by atoms with Gasteiger partial charge in [-0.1, -0.05) is 19.9 Å². The molecule has 1 aliphatic carbocycles. The van der Waals surface area contributed by atoms with Crippen LogP contribution in [-0.2, 0) is 19.1 Å². The molecule has 0 bridgehead atoms. The molecule has 2 aromatic heterocycles. The van der Waals surface area contributed by atoms with E-state index in [1.54, 1.807) is 40.9 Å². The summed E-state index contributed by atoms with van der Waals surface area (Å²) in [5.41, 5.74) is 1.50. The molecule has 0 unspecified atom stereocenters. The normalized spacial score (nSPS) is 22.3. The molecule has 11 heteroatoms. The van der Waals surface area contributed by atoms with Crippen LogP contribution in [-0.4, -0.2) is 70.7 Å². The highest BCUT2D eigenvalue weighted by Crippen LogP contribution is 2.57. The van der Waals surface area contributed by atoms with E-state index in [-0.39, 0.29) is 43.6 Å². The van der Waals surface area contributed by atoms with Gasteiger partial charge in [0, 0.05) is 35.2 Å². The van der Waals surface area contributed by atoms with Gasteiger partial charge in [0.2, 0.25) is 0 Å². The van der Waals surface area contributed by atoms with Crippen molar-refractivity contribution in [2.45, 2.75) is 91.4 Å². The summed E-state index contributed by atoms with van der Waals surface area (Å²) in [6.07, 6.45) is 1.23. The first-order valence-electron chi connectivity index (χ1n) is 16.1. The molecule has 47 heavy (non-hydrogen) atoms. The van der Waals surface area contributed by atoms with E-state index in [0.717, 1.165) is 21.7 Å². The van der Waals surface area contributed by atoms with Crippen molar-refractivity contribution in [3.8, 4) is 22.2 Å². The molecule has 1 saturated heterocycles. The molecular formula is C36H45N3O7S. The quantitative estimate of drug-likeness (QED) is 0.154. The number of carbonyl (C=O) groups excluding carboxylic acids is 3. The molecule has 1 saturated carbocycles. The number of pyridine rings is 1. The molecule has 1 aromatic carbocycles. The highest BCUT2D eigenvalue weighted by atomic mass is 32.1. The molecule has 0 spiro atoms. The molecule has 2 aliphatic rings. The number of thiazole rings is 1. The Kier molecular flexibility index (Phi) is 9.69. The van der Waals surface area contributed by atoms with E-state index < -0.39 is 35.2 Å². The molecule has 1 amide bonds. The number of likely N-dealkylation sites (tertiary alicyclic amines) is 1. The zero-order valence-electron chi connectivity index (χ0n) is 28.5. The van der Waals surface area contributed by atoms with Crippen molar-refractivity contribution in [3.63, 3.8) is 0 Å². The fraction of sp³-hybridized carbons (Fsp3) is 0.528. The van der Waals surface area contributed by atoms with Gasteiger partial charge >= 0.3 is 12.1 Å². The van der Waals surface area contributed by atoms with Crippen LogP contribution in [0.4, 0.5) is 4.79 Å². The first-order chi connectivity index (χ1) is 22.2. The van der Waals surface area contributed by atoms with Gasteiger partial charge in [-0.05, 0) is 65.0 Å². The standard InChI is InChI=1S/C36H45N3O7S/c1-10-22-16-36(22,33(41)44-11-2)17-28(40)27-14-23(18-39(27)34(42)46-35(6,7)8)45-30-15-25(32-38-26(19-47-32)20(3)4)37-31-21(5)29(43-9)13-12-24(30)31/h10,12-13,15,19-20,22-23,27H,1,11,14,16-18H2,2-9H3/t22-,23-,27+,36-/m1/s1. The number of benzene rings is 1. The number of amides is 1. The fourth-order valence-electron chi connectivity index (χ4n) is 6.22. The van der Waals surface area contributed by atoms with Crippen molar-refractivity contribution in [1.82, 2.24) is 14.9 Å². The maximum Gasteiger partial charge on any atom is 0.411 e. The maximum atomic E-state index is 14.0. The number of esters is 1. The van der Waals surface area contributed by atoms with Crippen LogP contribution >= 0.6 is 11.3 Å². The number of hydrogen-bond donors (Lipinski definition) is 0. The number of aromatic nitrogens is 2. The molecule has 3 heterocycles. The second-order valence-electron chi connectivity index (χ2n) is 13.7. The number of rotatable bonds is 11. The van der Waals surface area contributed by atoms with Crippen LogP contribution < -0.4 is 9.47 Å². The first-order valence-corrected chi connectivity index (χ1v) is 17.0. The molecule has 10 nitrogen and oxygen atoms in total. The number of fused-ring (bicyclic) bond motifs is 1. The van der Waals surface area contributed by atoms with Crippen LogP contribution in [0, 0.1) is 18.3 Å². The van der Waals surface area contributed by atoms with Crippen molar-refractivity contribution in [2.75, 3.05) is 20.3 Å². The zero-order chi connectivity index (χ0) is 34.3. The van der Waals surface area contributed by atoms with Crippen LogP contribution in [0.3, 0.4) is 0 Å². The minimum Gasteiger partial charge on any atom is -0.496 e. The lowest BCUT2D eigenvalue weighted by Gasteiger charge is -2.28. The average molecular weight is 664 g/mol. The van der Waals surface area contributed by atoms with Crippen molar-refractivity contribution in [3.05, 3.63) is 47.5 Å². The van der Waals surface area contributed by atoms with E-state index in [4.69, 9.17) is 28.9 Å². The summed E-state index contributed by atoms with van der Waals surface area (Å²) in [7, 11) is 1.62. The Balaban J connectivity index is 1.49. The fourth-order valence-corrected chi connectivity index (χ4v) is 7.16. The number of allylic oxidation sites excluding steroid dienone is 1. The summed E-state index contributed by atoms with van der Waals surface area (Å²) in [6.45, 7) is 17.4. The van der Waals surface area contributed by atoms with Crippen molar-refractivity contribution < 1.29 is 33.3 Å². The van der Waals surface area contributed by atoms with E-state index in [2.05, 4.69) is 20.4 Å². The SMILES string of the molecule is C=C[C@@H]1C[C@]1(CC(=O)[C@@H]1C[C@@H](Oc2cc(-c3nc(C(C)C)cs3)nc3c(C)c(OC)ccc23)CN1C(=O)OC(C)(C)C)C(=O)OCC. The van der Waals surface area contributed by atoms with E-state index in [1.807, 2.05) is 30.5 Å². The van der Waals surface area contributed by atoms with Crippen molar-refractivity contribution in [1.29, 1.82) is 0 Å². The highest BCUT2D eigenvalue weighted by molar-refractivity contribution is 7.13. The van der Waals surface area contributed by atoms with Crippen LogP contribution in [0.1, 0.15) is 78.0 Å². The number of nitrogens with zero attached hydrogens (tertiary/aromatic N) is 3. The van der Waals surface area contributed by atoms with Crippen LogP contribution in [0.5, 0.6) is 11.5 Å². The van der Waals surface area contributed by atoms with Crippen LogP contribution in [0.2, 0.25) is 0 Å². The number of ketones is 1. The van der Waals surface area contributed by atoms with Gasteiger partial charge in [0.25, 0.3) is 0 Å². The molecule has 1 aliphatic heterocycles. The zero-order valence-corrected chi connectivity index (χ0v) is 29.4. The van der Waals surface area contributed by atoms with Gasteiger partial charge < -0.3 is 18.9 Å². The summed E-state index contributed by atoms with van der Waals surface area (Å²) in [5, 5.41) is 3.58. The van der Waals surface area contributed by atoms with Gasteiger partial charge in [0.15, 0.2) is 5.78 Å². The molecule has 2 fully saturated rings. The number of methoxy groups -OCH3 is 1. The molecule has 4 atom stereocenters. The molecule has 0 N–H and O–H groups in total. The van der Waals surface area contributed by atoms with E-state index in [0.29, 0.717) is 29.1 Å². The average Bonchev–Trinajstić information content (AvgIpc) is 3.31. The predicted molar refractivity (Wildman–Crippen MR) is 181 cm³/mol. The molecule has 0 radical (unpaired) electrons. The molecule has 3 aromatic rings. The van der Waals surface area contributed by atoms with Gasteiger partial charge in [-0.15, -0.1) is 17.9 Å². The lowest BCUT2D eigenvalue weighted by atomic mass is 9.92. The number of hydrogen-bond acceptors (Lipinski definition) is 10. The third-order valence-electron chi connectivity index (χ3n) is 8.85. The Labute approximate surface area is 280 Å². The van der Waals surface area contributed by atoms with E-state index >= 15 is 0 Å². The van der Waals surface area contributed by atoms with Crippen LogP contribution in [0.25, 0.3) is 21.6 Å². The van der Waals surface area contributed by atoms with Gasteiger partial charge in [-0.25, -0.2) is 14.8 Å². The second-order valence-corrected chi connectivity index (χ2v) is 14.6. The summed E-state index contributed by atoms with van der Waals surface area (Å²) >= 11 is 1.52. The minimum absolute atomic E-state index is 0.0528. The van der Waals surface area contributed by atoms with Crippen molar-refractivity contribution >= 4 is 40.1 Å². The van der Waals surface area contributed by atoms with E-state index in [9.17, 15) is 14.4 Å². The number of aryl methyl sites for hydroxylation is 1. The first kappa shape index (κ1) is 34.3. The minimum atomic E-state index is -0.956. The summed E-state index contributed by atoms with van der Waals surface area (Å²) in [5.74, 6) is 0.742. The topological polar surface area (TPSA) is 117 Å². The molecule has 252 valence electrons. The Morgan fingerprint density at radius 1 is 1.19 bits per heavy atom. The van der Waals surface area contributed by atoms with Gasteiger partial charge in [-0.2, -0.15) is 0 Å². The largest absolute Gasteiger partial charge is 0.496 e. The third-order valence-corrected chi connectivity index (χ3v) is 9.73. The number of carbonyl (C=O) groups is 3. The van der Waals surface area contributed by atoms with Gasteiger partial charge in [0.1, 0.15) is 33.9 Å². The lowest BCUT2D eigenvalue weighted by Crippen LogP contribution is -2.44. The summed E-state index contributed by atoms with van der Waals surface area (Å²) < 4.78 is 23.3. The highest BCUT2D eigenvalue weighted by Gasteiger charge is 2.61. The predicted octanol–water partition coefficient (Wildman–Crippen LogP) is 7.27. The summed E-state index contributed by atoms with van der Waals surface area (Å²) in [6, 6.07) is 4.82. The Hall–Kier alpha value is -3.99. The Morgan fingerprint density at radius 2 is 1.94 bits per heavy atom. The van der Waals surface area contributed by atoms with E-state index in [1.165, 1.54) is 16.2 Å². The Bertz CT molecular complexity index is 1690. The maximum absolute atomic E-state index is 14.0. The number of ether oxygens (including phenoxy) is 4. The second kappa shape index (κ2) is 13.3. The van der Waals surface area contributed by atoms with Gasteiger partial charge in [0.05, 0.1) is 42.9 Å². The molecule has 5 rings (SSSR count). The third kappa shape index (κ3) is 7.00. The monoisotopic (exact) mass is 663 g/mol. The van der Waals surface area contributed by atoms with Crippen molar-refractivity contribution in [2.24, 2.45) is 11.3 Å². The van der Waals surface area contributed by atoms with Gasteiger partial charge in [-0.3, -0.25) is 14.5 Å². The smallest absolute Gasteiger partial charge is 0.411 e. The number of Topliss-reactive ketones (excluding diaryl/α,β-unsaturated/α-hetero) is 1. The Morgan fingerprint density at radius 3 is 2.53 bits per heavy atom.